The van der Waals surface area contributed by atoms with Crippen LogP contribution >= 0.6 is 23.2 Å². The van der Waals surface area contributed by atoms with E-state index >= 15 is 0 Å². The molecule has 0 aliphatic rings. The Kier molecular flexibility index (Phi) is 4.46. The number of hydrogen-bond acceptors (Lipinski definition) is 1. The van der Waals surface area contributed by atoms with Gasteiger partial charge >= 0.3 is 6.18 Å². The Morgan fingerprint density at radius 1 is 0.952 bits per heavy atom. The third kappa shape index (κ3) is 3.48. The fourth-order valence-corrected chi connectivity index (χ4v) is 2.39. The van der Waals surface area contributed by atoms with E-state index in [1.165, 1.54) is 18.2 Å². The first kappa shape index (κ1) is 16.1. The van der Waals surface area contributed by atoms with E-state index in [1.54, 1.807) is 0 Å². The van der Waals surface area contributed by atoms with Crippen molar-refractivity contribution in [2.45, 2.75) is 12.2 Å². The van der Waals surface area contributed by atoms with Gasteiger partial charge in [0.05, 0.1) is 11.6 Å². The highest BCUT2D eigenvalue weighted by Gasteiger charge is 2.35. The molecule has 0 radical (unpaired) electrons. The van der Waals surface area contributed by atoms with Gasteiger partial charge in [-0.2, -0.15) is 13.2 Å². The molecule has 7 heteroatoms. The maximum Gasteiger partial charge on any atom is 0.416 e. The highest BCUT2D eigenvalue weighted by atomic mass is 35.5. The molecule has 2 rings (SSSR count). The molecule has 0 saturated carbocycles. The Labute approximate surface area is 128 Å². The summed E-state index contributed by atoms with van der Waals surface area (Å²) in [6, 6.07) is 5.16. The van der Waals surface area contributed by atoms with E-state index < -0.39 is 29.2 Å². The number of alkyl halides is 3. The number of halogens is 6. The van der Waals surface area contributed by atoms with Crippen LogP contribution in [0, 0.1) is 5.82 Å². The molecule has 0 bridgehead atoms. The molecule has 0 aliphatic carbocycles. The molecular weight excluding hydrogens is 329 g/mol. The predicted octanol–water partition coefficient (Wildman–Crippen LogP) is 5.20. The molecule has 0 amide bonds. The highest BCUT2D eigenvalue weighted by Crippen LogP contribution is 2.38. The zero-order valence-corrected chi connectivity index (χ0v) is 11.9. The van der Waals surface area contributed by atoms with E-state index in [2.05, 4.69) is 0 Å². The maximum atomic E-state index is 13.3. The van der Waals surface area contributed by atoms with Gasteiger partial charge in [-0.15, -0.1) is 0 Å². The van der Waals surface area contributed by atoms with E-state index in [1.807, 2.05) is 0 Å². The van der Waals surface area contributed by atoms with Crippen molar-refractivity contribution in [1.82, 2.24) is 0 Å². The van der Waals surface area contributed by atoms with Crippen LogP contribution in [0.5, 0.6) is 0 Å². The van der Waals surface area contributed by atoms with E-state index in [4.69, 9.17) is 28.9 Å². The summed E-state index contributed by atoms with van der Waals surface area (Å²) >= 11 is 11.7. The lowest BCUT2D eigenvalue weighted by atomic mass is 9.94. The third-order valence-electron chi connectivity index (χ3n) is 2.95. The topological polar surface area (TPSA) is 26.0 Å². The van der Waals surface area contributed by atoms with Crippen molar-refractivity contribution in [2.75, 3.05) is 0 Å². The van der Waals surface area contributed by atoms with E-state index in [0.717, 1.165) is 12.1 Å². The van der Waals surface area contributed by atoms with E-state index in [-0.39, 0.29) is 15.6 Å². The number of rotatable bonds is 2. The van der Waals surface area contributed by atoms with Gasteiger partial charge in [-0.05, 0) is 47.5 Å². The Bertz CT molecular complexity index is 671. The second-order valence-corrected chi connectivity index (χ2v) is 5.22. The molecule has 1 unspecified atom stereocenters. The Hall–Kier alpha value is -1.30. The average Bonchev–Trinajstić information content (AvgIpc) is 2.39. The Morgan fingerprint density at radius 2 is 1.62 bits per heavy atom. The molecule has 0 fully saturated rings. The van der Waals surface area contributed by atoms with Crippen molar-refractivity contribution >= 4 is 23.2 Å². The van der Waals surface area contributed by atoms with Gasteiger partial charge in [0, 0.05) is 10.0 Å². The Morgan fingerprint density at radius 3 is 2.24 bits per heavy atom. The van der Waals surface area contributed by atoms with Gasteiger partial charge in [0.15, 0.2) is 0 Å². The standard InChI is InChI=1S/C14H9Cl2F4N/c15-7-1-4-12(16)10(5-7)13(21)9-6-8(17)2-3-11(9)14(18,19)20/h1-6,13H,21H2. The summed E-state index contributed by atoms with van der Waals surface area (Å²) in [5.74, 6) is -0.813. The number of benzene rings is 2. The summed E-state index contributed by atoms with van der Waals surface area (Å²) in [6.07, 6.45) is -4.65. The summed E-state index contributed by atoms with van der Waals surface area (Å²) < 4.78 is 52.3. The van der Waals surface area contributed by atoms with E-state index in [9.17, 15) is 17.6 Å². The SMILES string of the molecule is NC(c1cc(Cl)ccc1Cl)c1cc(F)ccc1C(F)(F)F. The lowest BCUT2D eigenvalue weighted by Gasteiger charge is -2.20. The van der Waals surface area contributed by atoms with Gasteiger partial charge in [0.2, 0.25) is 0 Å². The van der Waals surface area contributed by atoms with Gasteiger partial charge in [-0.25, -0.2) is 4.39 Å². The fraction of sp³-hybridized carbons (Fsp3) is 0.143. The number of nitrogens with two attached hydrogens (primary N) is 1. The first-order chi connectivity index (χ1) is 9.70. The molecule has 0 aliphatic heterocycles. The monoisotopic (exact) mass is 337 g/mol. The van der Waals surface area contributed by atoms with Crippen molar-refractivity contribution in [3.63, 3.8) is 0 Å². The van der Waals surface area contributed by atoms with Gasteiger partial charge in [-0.1, -0.05) is 23.2 Å². The zero-order valence-electron chi connectivity index (χ0n) is 10.4. The van der Waals surface area contributed by atoms with Gasteiger partial charge in [0.25, 0.3) is 0 Å². The van der Waals surface area contributed by atoms with Gasteiger partial charge in [0.1, 0.15) is 5.82 Å². The maximum absolute atomic E-state index is 13.3. The molecule has 1 atom stereocenters. The lowest BCUT2D eigenvalue weighted by Crippen LogP contribution is -2.19. The van der Waals surface area contributed by atoms with Crippen molar-refractivity contribution in [3.05, 3.63) is 69.0 Å². The number of hydrogen-bond donors (Lipinski definition) is 1. The minimum absolute atomic E-state index is 0.157. The molecule has 0 aromatic heterocycles. The average molecular weight is 338 g/mol. The zero-order chi connectivity index (χ0) is 15.8. The third-order valence-corrected chi connectivity index (χ3v) is 3.53. The molecule has 0 heterocycles. The predicted molar refractivity (Wildman–Crippen MR) is 73.9 cm³/mol. The lowest BCUT2D eigenvalue weighted by molar-refractivity contribution is -0.138. The fourth-order valence-electron chi connectivity index (χ4n) is 1.97. The molecule has 2 aromatic rings. The van der Waals surface area contributed by atoms with Crippen LogP contribution in [0.4, 0.5) is 17.6 Å². The first-order valence-corrected chi connectivity index (χ1v) is 6.53. The highest BCUT2D eigenvalue weighted by molar-refractivity contribution is 6.33. The van der Waals surface area contributed by atoms with E-state index in [0.29, 0.717) is 6.07 Å². The summed E-state index contributed by atoms with van der Waals surface area (Å²) in [4.78, 5) is 0. The Balaban J connectivity index is 2.60. The molecule has 2 N–H and O–H groups in total. The normalized spacial score (nSPS) is 13.3. The van der Waals surface area contributed by atoms with Crippen LogP contribution in [-0.2, 0) is 6.18 Å². The largest absolute Gasteiger partial charge is 0.416 e. The summed E-state index contributed by atoms with van der Waals surface area (Å²) in [5.41, 5.74) is 4.63. The molecule has 0 spiro atoms. The van der Waals surface area contributed by atoms with Crippen LogP contribution in [0.1, 0.15) is 22.7 Å². The quantitative estimate of drug-likeness (QED) is 0.749. The molecule has 112 valence electrons. The summed E-state index contributed by atoms with van der Waals surface area (Å²) in [7, 11) is 0. The second kappa shape index (κ2) is 5.83. The minimum Gasteiger partial charge on any atom is -0.320 e. The van der Waals surface area contributed by atoms with Crippen molar-refractivity contribution in [2.24, 2.45) is 5.73 Å². The second-order valence-electron chi connectivity index (χ2n) is 4.37. The minimum atomic E-state index is -4.65. The molecule has 1 nitrogen and oxygen atoms in total. The molecule has 2 aromatic carbocycles. The van der Waals surface area contributed by atoms with Gasteiger partial charge < -0.3 is 5.73 Å². The summed E-state index contributed by atoms with van der Waals surface area (Å²) in [6.45, 7) is 0. The van der Waals surface area contributed by atoms with Crippen LogP contribution < -0.4 is 5.73 Å². The van der Waals surface area contributed by atoms with Crippen LogP contribution in [0.2, 0.25) is 10.0 Å². The molecule has 0 saturated heterocycles. The molecular formula is C14H9Cl2F4N. The van der Waals surface area contributed by atoms with Crippen LogP contribution in [0.3, 0.4) is 0 Å². The first-order valence-electron chi connectivity index (χ1n) is 5.77. The van der Waals surface area contributed by atoms with Crippen molar-refractivity contribution < 1.29 is 17.6 Å². The van der Waals surface area contributed by atoms with Gasteiger partial charge in [-0.3, -0.25) is 0 Å². The van der Waals surface area contributed by atoms with Crippen LogP contribution in [0.25, 0.3) is 0 Å². The van der Waals surface area contributed by atoms with Crippen LogP contribution in [-0.4, -0.2) is 0 Å². The van der Waals surface area contributed by atoms with Crippen molar-refractivity contribution in [3.8, 4) is 0 Å². The summed E-state index contributed by atoms with van der Waals surface area (Å²) in [5, 5.41) is 0.430. The molecule has 21 heavy (non-hydrogen) atoms. The van der Waals surface area contributed by atoms with Crippen LogP contribution in [0.15, 0.2) is 36.4 Å². The smallest absolute Gasteiger partial charge is 0.320 e. The van der Waals surface area contributed by atoms with Crippen molar-refractivity contribution in [1.29, 1.82) is 0 Å².